The van der Waals surface area contributed by atoms with E-state index >= 15 is 0 Å². The van der Waals surface area contributed by atoms with Crippen LogP contribution in [0.4, 0.5) is 0 Å². The largest absolute Gasteiger partial charge is 0.304 e. The summed E-state index contributed by atoms with van der Waals surface area (Å²) in [6.07, 6.45) is 0. The molecule has 0 aromatic carbocycles. The number of piperidine rings is 1. The highest BCUT2D eigenvalue weighted by molar-refractivity contribution is 9.10. The van der Waals surface area contributed by atoms with E-state index in [1.165, 1.54) is 0 Å². The van der Waals surface area contributed by atoms with Crippen molar-refractivity contribution in [3.8, 4) is 0 Å². The lowest BCUT2D eigenvalue weighted by Crippen LogP contribution is -2.69. The first kappa shape index (κ1) is 2.83. The van der Waals surface area contributed by atoms with Crippen molar-refractivity contribution in [2.45, 2.75) is 48.1 Å². The molecule has 76 valence electrons. The first-order chi connectivity index (χ1) is 11.4. The highest BCUT2D eigenvalue weighted by Crippen LogP contribution is 2.34. The van der Waals surface area contributed by atoms with Crippen molar-refractivity contribution in [1.29, 1.82) is 0 Å². The molecule has 0 saturated carbocycles. The van der Waals surface area contributed by atoms with Crippen LogP contribution >= 0.6 is 31.9 Å². The fourth-order valence-corrected chi connectivity index (χ4v) is 1.69. The van der Waals surface area contributed by atoms with Gasteiger partial charge in [0.1, 0.15) is 0 Å². The van der Waals surface area contributed by atoms with Gasteiger partial charge in [0, 0.05) is 27.5 Å². The highest BCUT2D eigenvalue weighted by Gasteiger charge is 2.49. The third-order valence-corrected chi connectivity index (χ3v) is 3.34. The number of ketones is 1. The SMILES string of the molecule is [2H]C([2H])([2H])C1(C([2H])([2H])[2H])NC(C([2H])([2H])[2H])(C([2H])([2H])[2H])C([2H])(Br)C(=O)C1([2H])Br. The van der Waals surface area contributed by atoms with E-state index in [0.29, 0.717) is 0 Å². The molecule has 0 spiro atoms. The summed E-state index contributed by atoms with van der Waals surface area (Å²) in [7, 11) is 0. The average Bonchev–Trinajstić information content (AvgIpc) is 2.29. The lowest BCUT2D eigenvalue weighted by molar-refractivity contribution is -0.122. The van der Waals surface area contributed by atoms with Crippen molar-refractivity contribution in [3.63, 3.8) is 0 Å². The molecule has 0 radical (unpaired) electrons. The molecule has 2 unspecified atom stereocenters. The molecule has 0 aromatic heterocycles. The number of carbonyl (C=O) groups excluding carboxylic acids is 1. The molecule has 0 aromatic rings. The number of alkyl halides is 2. The Morgan fingerprint density at radius 3 is 2.00 bits per heavy atom. The van der Waals surface area contributed by atoms with Crippen LogP contribution in [0.2, 0.25) is 0 Å². The highest BCUT2D eigenvalue weighted by atomic mass is 79.9. The number of nitrogens with one attached hydrogen (secondary N) is 1. The normalized spacial score (nSPS) is 68.6. The van der Waals surface area contributed by atoms with E-state index in [1.807, 2.05) is 0 Å². The second-order valence-corrected chi connectivity index (χ2v) is 4.17. The van der Waals surface area contributed by atoms with Gasteiger partial charge in [-0.25, -0.2) is 0 Å². The average molecular weight is 327 g/mol. The van der Waals surface area contributed by atoms with Crippen molar-refractivity contribution in [1.82, 2.24) is 5.32 Å². The second kappa shape index (κ2) is 3.31. The standard InChI is InChI=1S/C9H15Br2NO/c1-8(2)6(10)5(13)7(11)9(3,4)12-8/h6-7,12H,1-4H3/i1D3,2D3,3D3,4D3,6D,7D. The van der Waals surface area contributed by atoms with Gasteiger partial charge in [-0.3, -0.25) is 4.79 Å². The summed E-state index contributed by atoms with van der Waals surface area (Å²) in [5.41, 5.74) is -7.32. The van der Waals surface area contributed by atoms with Gasteiger partial charge >= 0.3 is 0 Å². The lowest BCUT2D eigenvalue weighted by Gasteiger charge is -2.47. The molecule has 2 nitrogen and oxygen atoms in total. The zero-order valence-corrected chi connectivity index (χ0v) is 9.34. The van der Waals surface area contributed by atoms with Gasteiger partial charge in [0.05, 0.1) is 12.3 Å². The van der Waals surface area contributed by atoms with Gasteiger partial charge in [-0.2, -0.15) is 0 Å². The van der Waals surface area contributed by atoms with Crippen molar-refractivity contribution in [2.75, 3.05) is 0 Å². The molecule has 13 heavy (non-hydrogen) atoms. The summed E-state index contributed by atoms with van der Waals surface area (Å²) in [6, 6.07) is 0. The van der Waals surface area contributed by atoms with E-state index in [-0.39, 0.29) is 0 Å². The molecule has 0 amide bonds. The monoisotopic (exact) mass is 325 g/mol. The van der Waals surface area contributed by atoms with Crippen LogP contribution < -0.4 is 5.32 Å². The Balaban J connectivity index is 4.23. The number of hydrogen-bond acceptors (Lipinski definition) is 2. The van der Waals surface area contributed by atoms with Crippen LogP contribution in [0.1, 0.15) is 46.6 Å². The smallest absolute Gasteiger partial charge is 0.163 e. The third-order valence-electron chi connectivity index (χ3n) is 1.43. The molecule has 1 aliphatic rings. The molecule has 1 N–H and O–H groups in total. The molecule has 0 bridgehead atoms. The fraction of sp³-hybridized carbons (Fsp3) is 0.889. The Morgan fingerprint density at radius 2 is 1.69 bits per heavy atom. The number of rotatable bonds is 0. The number of Topliss-reactive ketones (excluding diaryl/α,β-unsaturated/α-hetero) is 1. The molecule has 2 atom stereocenters. The lowest BCUT2D eigenvalue weighted by atomic mass is 9.82. The molecule has 1 fully saturated rings. The maximum Gasteiger partial charge on any atom is 0.163 e. The molecular weight excluding hydrogens is 298 g/mol. The zero-order valence-electron chi connectivity index (χ0n) is 20.2. The van der Waals surface area contributed by atoms with E-state index in [9.17, 15) is 4.79 Å². The van der Waals surface area contributed by atoms with Crippen LogP contribution in [0.5, 0.6) is 0 Å². The molecule has 1 rings (SSSR count). The predicted molar refractivity (Wildman–Crippen MR) is 61.7 cm³/mol. The van der Waals surface area contributed by atoms with Gasteiger partial charge in [-0.1, -0.05) is 31.9 Å². The molecule has 1 aliphatic heterocycles. The summed E-state index contributed by atoms with van der Waals surface area (Å²) in [4.78, 5) is 6.27. The quantitative estimate of drug-likeness (QED) is 0.692. The first-order valence-corrected chi connectivity index (χ1v) is 4.67. The topological polar surface area (TPSA) is 29.1 Å². The Hall–Kier alpha value is 0.590. The van der Waals surface area contributed by atoms with Gasteiger partial charge in [-0.15, -0.1) is 0 Å². The van der Waals surface area contributed by atoms with Crippen molar-refractivity contribution < 1.29 is 24.0 Å². The van der Waals surface area contributed by atoms with Crippen LogP contribution in [0.15, 0.2) is 0 Å². The number of carbonyl (C=O) groups is 1. The van der Waals surface area contributed by atoms with Crippen LogP contribution in [0.25, 0.3) is 0 Å². The summed E-state index contributed by atoms with van der Waals surface area (Å²) in [6.45, 7) is -15.0. The molecule has 1 saturated heterocycles. The summed E-state index contributed by atoms with van der Waals surface area (Å²) in [5.74, 6) is -1.90. The Bertz CT molecular complexity index is 546. The molecule has 4 heteroatoms. The van der Waals surface area contributed by atoms with Crippen molar-refractivity contribution >= 4 is 37.6 Å². The summed E-state index contributed by atoms with van der Waals surface area (Å²) < 4.78 is 108. The van der Waals surface area contributed by atoms with Crippen LogP contribution in [-0.4, -0.2) is 26.5 Å². The Morgan fingerprint density at radius 1 is 1.31 bits per heavy atom. The number of hydrogen-bond donors (Lipinski definition) is 1. The van der Waals surface area contributed by atoms with Crippen LogP contribution in [-0.2, 0) is 4.79 Å². The van der Waals surface area contributed by atoms with E-state index in [2.05, 4.69) is 31.9 Å². The van der Waals surface area contributed by atoms with Gasteiger partial charge in [0.2, 0.25) is 0 Å². The van der Waals surface area contributed by atoms with Crippen LogP contribution in [0.3, 0.4) is 0 Å². The molecule has 1 heterocycles. The fourth-order valence-electron chi connectivity index (χ4n) is 0.828. The van der Waals surface area contributed by atoms with E-state index in [0.717, 1.165) is 0 Å². The Labute approximate surface area is 116 Å². The third kappa shape index (κ3) is 2.00. The van der Waals surface area contributed by atoms with Gasteiger partial charge in [0.25, 0.3) is 0 Å². The Kier molecular flexibility index (Phi) is 0.721. The summed E-state index contributed by atoms with van der Waals surface area (Å²) >= 11 is 4.86. The van der Waals surface area contributed by atoms with Crippen molar-refractivity contribution in [2.24, 2.45) is 0 Å². The minimum Gasteiger partial charge on any atom is -0.304 e. The van der Waals surface area contributed by atoms with E-state index < -0.39 is 53.9 Å². The minimum atomic E-state index is -3.76. The maximum absolute atomic E-state index is 12.9. The second-order valence-electron chi connectivity index (χ2n) is 2.58. The summed E-state index contributed by atoms with van der Waals surface area (Å²) in [5, 5.41) is 1.61. The zero-order chi connectivity index (χ0) is 22.3. The van der Waals surface area contributed by atoms with E-state index in [4.69, 9.17) is 19.2 Å². The first-order valence-electron chi connectivity index (χ1n) is 10.1. The van der Waals surface area contributed by atoms with E-state index in [1.54, 1.807) is 5.32 Å². The van der Waals surface area contributed by atoms with Crippen molar-refractivity contribution in [3.05, 3.63) is 0 Å². The number of halogens is 2. The van der Waals surface area contributed by atoms with Gasteiger partial charge in [-0.05, 0) is 27.4 Å². The minimum absolute atomic E-state index is 1.61. The van der Waals surface area contributed by atoms with Crippen LogP contribution in [0, 0.1) is 0 Å². The van der Waals surface area contributed by atoms with Gasteiger partial charge in [0.15, 0.2) is 5.78 Å². The predicted octanol–water partition coefficient (Wildman–Crippen LogP) is 2.24. The van der Waals surface area contributed by atoms with Gasteiger partial charge < -0.3 is 5.32 Å². The maximum atomic E-state index is 12.9. The molecular formula is C9H15Br2NO. The molecule has 0 aliphatic carbocycles.